The molecule has 4 nitrogen and oxygen atoms in total. The van der Waals surface area contributed by atoms with E-state index in [1.54, 1.807) is 0 Å². The van der Waals surface area contributed by atoms with E-state index in [9.17, 15) is 0 Å². The fourth-order valence-electron chi connectivity index (χ4n) is 1.83. The quantitative estimate of drug-likeness (QED) is 0.267. The molecule has 0 radical (unpaired) electrons. The third kappa shape index (κ3) is 6.37. The first-order valence-electron chi connectivity index (χ1n) is 7.51. The minimum atomic E-state index is 0.640. The predicted molar refractivity (Wildman–Crippen MR) is 113 cm³/mol. The van der Waals surface area contributed by atoms with E-state index in [2.05, 4.69) is 17.6 Å². The predicted octanol–water partition coefficient (Wildman–Crippen LogP) is 4.70. The summed E-state index contributed by atoms with van der Waals surface area (Å²) in [6, 6.07) is 24.9. The van der Waals surface area contributed by atoms with Crippen LogP contribution in [-0.2, 0) is 0 Å². The van der Waals surface area contributed by atoms with Gasteiger partial charge < -0.3 is 17.2 Å². The van der Waals surface area contributed by atoms with Crippen LogP contribution in [0, 0.1) is 0 Å². The summed E-state index contributed by atoms with van der Waals surface area (Å²) in [5.41, 5.74) is 18.8. The van der Waals surface area contributed by atoms with Crippen LogP contribution in [0.15, 0.2) is 83.8 Å². The molecular formula is C19H20N4S2. The van der Waals surface area contributed by atoms with Crippen LogP contribution in [0.4, 0.5) is 16.5 Å². The second kappa shape index (κ2) is 9.56. The molecule has 0 saturated carbocycles. The highest BCUT2D eigenvalue weighted by atomic mass is 32.1. The van der Waals surface area contributed by atoms with Gasteiger partial charge in [0.2, 0.25) is 0 Å². The molecule has 0 amide bonds. The summed E-state index contributed by atoms with van der Waals surface area (Å²) in [5.74, 6) is 0. The van der Waals surface area contributed by atoms with Crippen molar-refractivity contribution in [3.8, 4) is 0 Å². The third-order valence-electron chi connectivity index (χ3n) is 3.05. The fourth-order valence-corrected chi connectivity index (χ4v) is 2.73. The lowest BCUT2D eigenvalue weighted by Gasteiger charge is -1.92. The maximum absolute atomic E-state index is 5.50. The lowest BCUT2D eigenvalue weighted by molar-refractivity contribution is 1.48. The van der Waals surface area contributed by atoms with E-state index in [-0.39, 0.29) is 0 Å². The molecule has 128 valence electrons. The Labute approximate surface area is 156 Å². The summed E-state index contributed by atoms with van der Waals surface area (Å²) >= 11 is 5.59. The normalized spacial score (nSPS) is 9.48. The number of benzene rings is 3. The number of fused-ring (bicyclic) bond motifs is 1. The summed E-state index contributed by atoms with van der Waals surface area (Å²) < 4.78 is 1.15. The number of aromatic nitrogens is 1. The van der Waals surface area contributed by atoms with Crippen molar-refractivity contribution in [2.75, 3.05) is 17.2 Å². The van der Waals surface area contributed by atoms with E-state index in [1.165, 1.54) is 11.3 Å². The molecule has 0 spiro atoms. The van der Waals surface area contributed by atoms with E-state index >= 15 is 0 Å². The van der Waals surface area contributed by atoms with Crippen LogP contribution in [0.2, 0.25) is 0 Å². The number of thiol groups is 1. The van der Waals surface area contributed by atoms with Gasteiger partial charge in [-0.25, -0.2) is 4.98 Å². The van der Waals surface area contributed by atoms with Crippen molar-refractivity contribution < 1.29 is 0 Å². The molecule has 0 atom stereocenters. The molecule has 4 rings (SSSR count). The number of thiazole rings is 1. The Morgan fingerprint density at radius 1 is 0.720 bits per heavy atom. The molecule has 4 aromatic rings. The summed E-state index contributed by atoms with van der Waals surface area (Å²) in [4.78, 5) is 4.95. The molecular weight excluding hydrogens is 348 g/mol. The van der Waals surface area contributed by atoms with E-state index in [0.717, 1.165) is 26.5 Å². The smallest absolute Gasteiger partial charge is 0.181 e. The van der Waals surface area contributed by atoms with Gasteiger partial charge in [-0.1, -0.05) is 53.8 Å². The van der Waals surface area contributed by atoms with Crippen molar-refractivity contribution in [1.29, 1.82) is 0 Å². The Morgan fingerprint density at radius 3 is 1.84 bits per heavy atom. The first-order chi connectivity index (χ1) is 12.1. The number of anilines is 3. The molecule has 0 aliphatic carbocycles. The first kappa shape index (κ1) is 18.6. The molecule has 0 bridgehead atoms. The summed E-state index contributed by atoms with van der Waals surface area (Å²) in [6.45, 7) is 0. The molecule has 3 aromatic carbocycles. The summed E-state index contributed by atoms with van der Waals surface area (Å²) in [7, 11) is 0. The van der Waals surface area contributed by atoms with E-state index < -0.39 is 0 Å². The highest BCUT2D eigenvalue weighted by molar-refractivity contribution is 7.80. The van der Waals surface area contributed by atoms with Crippen LogP contribution in [0.1, 0.15) is 0 Å². The maximum Gasteiger partial charge on any atom is 0.181 e. The molecule has 1 aromatic heterocycles. The first-order valence-corrected chi connectivity index (χ1v) is 8.77. The highest BCUT2D eigenvalue weighted by Crippen LogP contribution is 2.22. The Morgan fingerprint density at radius 2 is 1.32 bits per heavy atom. The third-order valence-corrected chi connectivity index (χ3v) is 4.32. The van der Waals surface area contributed by atoms with Crippen molar-refractivity contribution >= 4 is 50.7 Å². The van der Waals surface area contributed by atoms with E-state index in [4.69, 9.17) is 17.2 Å². The Hall–Kier alpha value is -2.70. The van der Waals surface area contributed by atoms with Gasteiger partial charge in [0, 0.05) is 16.3 Å². The standard InChI is InChI=1S/C7H6N2S.C6H7NS.C6H7N/c8-7-9-5-3-1-2-4-6(5)10-7;7-5-3-1-2-4-6(5)8;7-6-4-2-1-3-5-6/h1-4H,(H2,8,9);1-4,8H,7H2;1-5H,7H2. The van der Waals surface area contributed by atoms with Gasteiger partial charge in [-0.05, 0) is 36.4 Å². The topological polar surface area (TPSA) is 91.0 Å². The van der Waals surface area contributed by atoms with Crippen molar-refractivity contribution in [2.24, 2.45) is 0 Å². The molecule has 0 fully saturated rings. The van der Waals surface area contributed by atoms with Crippen molar-refractivity contribution in [3.05, 3.63) is 78.9 Å². The lowest BCUT2D eigenvalue weighted by Crippen LogP contribution is -1.83. The van der Waals surface area contributed by atoms with Gasteiger partial charge >= 0.3 is 0 Å². The van der Waals surface area contributed by atoms with Crippen LogP contribution in [-0.4, -0.2) is 4.98 Å². The van der Waals surface area contributed by atoms with E-state index in [1.807, 2.05) is 78.9 Å². The molecule has 0 saturated heterocycles. The molecule has 0 unspecified atom stereocenters. The Balaban J connectivity index is 0.000000138. The monoisotopic (exact) mass is 368 g/mol. The average molecular weight is 369 g/mol. The largest absolute Gasteiger partial charge is 0.399 e. The van der Waals surface area contributed by atoms with Crippen molar-refractivity contribution in [1.82, 2.24) is 4.98 Å². The van der Waals surface area contributed by atoms with Crippen LogP contribution in [0.25, 0.3) is 10.2 Å². The van der Waals surface area contributed by atoms with Gasteiger partial charge in [-0.2, -0.15) is 0 Å². The summed E-state index contributed by atoms with van der Waals surface area (Å²) in [5, 5.41) is 0.640. The number of nitrogens with two attached hydrogens (primary N) is 3. The van der Waals surface area contributed by atoms with Gasteiger partial charge in [0.25, 0.3) is 0 Å². The Bertz CT molecular complexity index is 853. The number of rotatable bonds is 0. The van der Waals surface area contributed by atoms with Crippen LogP contribution < -0.4 is 17.2 Å². The van der Waals surface area contributed by atoms with Gasteiger partial charge in [-0.15, -0.1) is 12.6 Å². The second-order valence-corrected chi connectivity index (χ2v) is 6.53. The van der Waals surface area contributed by atoms with E-state index in [0.29, 0.717) is 5.13 Å². The van der Waals surface area contributed by atoms with Crippen LogP contribution >= 0.6 is 24.0 Å². The SMILES string of the molecule is Nc1ccccc1.Nc1ccccc1S.Nc1nc2ccccc2s1. The zero-order chi connectivity index (χ0) is 18.1. The van der Waals surface area contributed by atoms with Gasteiger partial charge in [0.1, 0.15) is 0 Å². The summed E-state index contributed by atoms with van der Waals surface area (Å²) in [6.07, 6.45) is 0. The van der Waals surface area contributed by atoms with Crippen LogP contribution in [0.5, 0.6) is 0 Å². The minimum Gasteiger partial charge on any atom is -0.399 e. The zero-order valence-electron chi connectivity index (χ0n) is 13.5. The zero-order valence-corrected chi connectivity index (χ0v) is 15.3. The van der Waals surface area contributed by atoms with Crippen molar-refractivity contribution in [2.45, 2.75) is 4.90 Å². The molecule has 1 heterocycles. The number of para-hydroxylation sites is 3. The highest BCUT2D eigenvalue weighted by Gasteiger charge is 1.96. The van der Waals surface area contributed by atoms with Gasteiger partial charge in [0.15, 0.2) is 5.13 Å². The maximum atomic E-state index is 5.50. The molecule has 6 N–H and O–H groups in total. The molecule has 0 aliphatic rings. The second-order valence-electron chi connectivity index (χ2n) is 4.99. The minimum absolute atomic E-state index is 0.640. The number of hydrogen-bond donors (Lipinski definition) is 4. The molecule has 6 heteroatoms. The van der Waals surface area contributed by atoms with Crippen LogP contribution in [0.3, 0.4) is 0 Å². The molecule has 25 heavy (non-hydrogen) atoms. The lowest BCUT2D eigenvalue weighted by atomic mass is 10.3. The van der Waals surface area contributed by atoms with Crippen molar-refractivity contribution in [3.63, 3.8) is 0 Å². The molecule has 0 aliphatic heterocycles. The fraction of sp³-hybridized carbons (Fsp3) is 0. The van der Waals surface area contributed by atoms with Gasteiger partial charge in [0.05, 0.1) is 10.2 Å². The number of nitrogens with zero attached hydrogens (tertiary/aromatic N) is 1. The van der Waals surface area contributed by atoms with Gasteiger partial charge in [-0.3, -0.25) is 0 Å². The number of nitrogen functional groups attached to an aromatic ring is 3. The number of hydrogen-bond acceptors (Lipinski definition) is 6. The Kier molecular flexibility index (Phi) is 7.13. The average Bonchev–Trinajstić information content (AvgIpc) is 2.99.